The zero-order valence-electron chi connectivity index (χ0n) is 17.0. The second kappa shape index (κ2) is 6.76. The fourth-order valence-electron chi connectivity index (χ4n) is 5.62. The number of likely N-dealkylation sites (tertiary alicyclic amines) is 1. The van der Waals surface area contributed by atoms with Gasteiger partial charge in [-0.05, 0) is 50.5 Å². The molecule has 30 heavy (non-hydrogen) atoms. The SMILES string of the molecule is O=C(c1n[nH]c2c1CCC2)N1CCCC2(CCc3cnc(-c4ccccc4)nc32)C1. The van der Waals surface area contributed by atoms with Crippen LogP contribution in [0.4, 0.5) is 0 Å². The Morgan fingerprint density at radius 3 is 2.87 bits per heavy atom. The maximum Gasteiger partial charge on any atom is 0.274 e. The van der Waals surface area contributed by atoms with Crippen molar-refractivity contribution >= 4 is 5.91 Å². The standard InChI is InChI=1S/C24H25N5O/c30-23(20-18-8-4-9-19(18)27-28-20)29-13-5-11-24(15-29)12-10-17-14-25-22(26-21(17)24)16-6-2-1-3-7-16/h1-3,6-7,14H,4-5,8-13,15H2,(H,27,28). The van der Waals surface area contributed by atoms with Gasteiger partial charge in [-0.1, -0.05) is 30.3 Å². The lowest BCUT2D eigenvalue weighted by Crippen LogP contribution is -2.48. The summed E-state index contributed by atoms with van der Waals surface area (Å²) in [6, 6.07) is 10.2. The molecule has 0 radical (unpaired) electrons. The number of aromatic nitrogens is 4. The first-order valence-corrected chi connectivity index (χ1v) is 11.0. The normalized spacial score (nSPS) is 22.3. The summed E-state index contributed by atoms with van der Waals surface area (Å²) >= 11 is 0. The van der Waals surface area contributed by atoms with E-state index in [1.807, 2.05) is 29.3 Å². The minimum atomic E-state index is -0.0603. The number of hydrogen-bond acceptors (Lipinski definition) is 4. The van der Waals surface area contributed by atoms with Crippen LogP contribution in [0.2, 0.25) is 0 Å². The Morgan fingerprint density at radius 2 is 1.97 bits per heavy atom. The number of nitrogens with zero attached hydrogens (tertiary/aromatic N) is 4. The van der Waals surface area contributed by atoms with Gasteiger partial charge < -0.3 is 4.90 Å². The van der Waals surface area contributed by atoms with Crippen molar-refractivity contribution in [2.45, 2.75) is 50.4 Å². The minimum absolute atomic E-state index is 0.0603. The van der Waals surface area contributed by atoms with Crippen molar-refractivity contribution in [2.75, 3.05) is 13.1 Å². The summed E-state index contributed by atoms with van der Waals surface area (Å²) in [5, 5.41) is 7.47. The van der Waals surface area contributed by atoms with Gasteiger partial charge in [0.25, 0.3) is 5.91 Å². The Hall–Kier alpha value is -3.02. The summed E-state index contributed by atoms with van der Waals surface area (Å²) < 4.78 is 0. The van der Waals surface area contributed by atoms with E-state index >= 15 is 0 Å². The molecule has 2 aromatic heterocycles. The fraction of sp³-hybridized carbons (Fsp3) is 0.417. The Kier molecular flexibility index (Phi) is 4.01. The lowest BCUT2D eigenvalue weighted by atomic mass is 9.77. The molecule has 1 aliphatic heterocycles. The number of aryl methyl sites for hydroxylation is 2. The third-order valence-corrected chi connectivity index (χ3v) is 7.14. The van der Waals surface area contributed by atoms with Gasteiger partial charge in [0.1, 0.15) is 0 Å². The van der Waals surface area contributed by atoms with E-state index in [9.17, 15) is 4.79 Å². The third kappa shape index (κ3) is 2.70. The van der Waals surface area contributed by atoms with Crippen LogP contribution >= 0.6 is 0 Å². The number of piperidine rings is 1. The molecular weight excluding hydrogens is 374 g/mol. The average molecular weight is 399 g/mol. The molecule has 1 fully saturated rings. The number of carbonyl (C=O) groups is 1. The predicted octanol–water partition coefficient (Wildman–Crippen LogP) is 3.48. The number of benzene rings is 1. The zero-order chi connectivity index (χ0) is 20.1. The molecule has 3 aromatic rings. The number of aromatic amines is 1. The number of hydrogen-bond donors (Lipinski definition) is 1. The summed E-state index contributed by atoms with van der Waals surface area (Å²) in [6.45, 7) is 1.53. The molecule has 0 saturated carbocycles. The highest BCUT2D eigenvalue weighted by molar-refractivity contribution is 5.94. The van der Waals surface area contributed by atoms with E-state index in [0.29, 0.717) is 5.69 Å². The van der Waals surface area contributed by atoms with Crippen molar-refractivity contribution in [3.05, 3.63) is 64.7 Å². The number of rotatable bonds is 2. The number of carbonyl (C=O) groups excluding carboxylic acids is 1. The van der Waals surface area contributed by atoms with Crippen LogP contribution in [0.15, 0.2) is 36.5 Å². The smallest absolute Gasteiger partial charge is 0.274 e. The van der Waals surface area contributed by atoms with Gasteiger partial charge in [-0.15, -0.1) is 0 Å². The number of amides is 1. The molecule has 6 heteroatoms. The maximum absolute atomic E-state index is 13.4. The van der Waals surface area contributed by atoms with E-state index in [1.165, 1.54) is 5.56 Å². The van der Waals surface area contributed by atoms with Gasteiger partial charge in [0.2, 0.25) is 0 Å². The van der Waals surface area contributed by atoms with Crippen molar-refractivity contribution in [1.82, 2.24) is 25.1 Å². The largest absolute Gasteiger partial charge is 0.336 e. The molecule has 0 bridgehead atoms. The van der Waals surface area contributed by atoms with Gasteiger partial charge >= 0.3 is 0 Å². The van der Waals surface area contributed by atoms with Crippen LogP contribution in [0.5, 0.6) is 0 Å². The van der Waals surface area contributed by atoms with Crippen molar-refractivity contribution in [1.29, 1.82) is 0 Å². The van der Waals surface area contributed by atoms with Crippen LogP contribution in [-0.4, -0.2) is 44.1 Å². The van der Waals surface area contributed by atoms with Crippen LogP contribution in [0.25, 0.3) is 11.4 Å². The minimum Gasteiger partial charge on any atom is -0.336 e. The zero-order valence-corrected chi connectivity index (χ0v) is 17.0. The first-order chi connectivity index (χ1) is 14.7. The lowest BCUT2D eigenvalue weighted by molar-refractivity contribution is 0.0626. The molecule has 6 rings (SSSR count). The number of H-pyrrole nitrogens is 1. The molecule has 152 valence electrons. The van der Waals surface area contributed by atoms with E-state index in [4.69, 9.17) is 4.98 Å². The fourth-order valence-corrected chi connectivity index (χ4v) is 5.62. The number of fused-ring (bicyclic) bond motifs is 3. The molecule has 1 N–H and O–H groups in total. The second-order valence-corrected chi connectivity index (χ2v) is 8.93. The van der Waals surface area contributed by atoms with E-state index in [-0.39, 0.29) is 11.3 Å². The van der Waals surface area contributed by atoms with Crippen molar-refractivity contribution in [3.8, 4) is 11.4 Å². The Labute approximate surface area is 175 Å². The van der Waals surface area contributed by atoms with Gasteiger partial charge in [0.15, 0.2) is 11.5 Å². The Bertz CT molecular complexity index is 1120. The van der Waals surface area contributed by atoms with Gasteiger partial charge in [-0.3, -0.25) is 9.89 Å². The summed E-state index contributed by atoms with van der Waals surface area (Å²) in [5.41, 5.74) is 6.31. The highest BCUT2D eigenvalue weighted by Crippen LogP contribution is 2.44. The van der Waals surface area contributed by atoms with Crippen molar-refractivity contribution < 1.29 is 4.79 Å². The Morgan fingerprint density at radius 1 is 1.07 bits per heavy atom. The molecule has 6 nitrogen and oxygen atoms in total. The lowest BCUT2D eigenvalue weighted by Gasteiger charge is -2.40. The van der Waals surface area contributed by atoms with Crippen LogP contribution in [0.3, 0.4) is 0 Å². The van der Waals surface area contributed by atoms with Crippen LogP contribution in [-0.2, 0) is 24.7 Å². The molecule has 3 aliphatic rings. The summed E-state index contributed by atoms with van der Waals surface area (Å²) in [7, 11) is 0. The van der Waals surface area contributed by atoms with E-state index in [2.05, 4.69) is 27.3 Å². The molecule has 1 atom stereocenters. The number of nitrogens with one attached hydrogen (secondary N) is 1. The molecular formula is C24H25N5O. The quantitative estimate of drug-likeness (QED) is 0.716. The highest BCUT2D eigenvalue weighted by atomic mass is 16.2. The third-order valence-electron chi connectivity index (χ3n) is 7.14. The van der Waals surface area contributed by atoms with E-state index in [1.54, 1.807) is 0 Å². The Balaban J connectivity index is 1.33. The molecule has 1 spiro atoms. The van der Waals surface area contributed by atoms with Gasteiger partial charge in [0.05, 0.1) is 5.69 Å². The van der Waals surface area contributed by atoms with Crippen molar-refractivity contribution in [2.24, 2.45) is 0 Å². The molecule has 1 unspecified atom stereocenters. The molecule has 3 heterocycles. The molecule has 2 aliphatic carbocycles. The summed E-state index contributed by atoms with van der Waals surface area (Å²) in [5.74, 6) is 0.864. The van der Waals surface area contributed by atoms with E-state index in [0.717, 1.165) is 86.4 Å². The maximum atomic E-state index is 13.4. The topological polar surface area (TPSA) is 74.8 Å². The summed E-state index contributed by atoms with van der Waals surface area (Å²) in [4.78, 5) is 25.1. The van der Waals surface area contributed by atoms with Crippen LogP contribution in [0, 0.1) is 0 Å². The van der Waals surface area contributed by atoms with Gasteiger partial charge in [-0.2, -0.15) is 5.10 Å². The summed E-state index contributed by atoms with van der Waals surface area (Å²) in [6.07, 6.45) is 9.19. The molecule has 1 amide bonds. The first kappa shape index (κ1) is 17.8. The molecule has 1 saturated heterocycles. The first-order valence-electron chi connectivity index (χ1n) is 11.0. The van der Waals surface area contributed by atoms with Crippen molar-refractivity contribution in [3.63, 3.8) is 0 Å². The highest BCUT2D eigenvalue weighted by Gasteiger charge is 2.45. The predicted molar refractivity (Wildman–Crippen MR) is 113 cm³/mol. The van der Waals surface area contributed by atoms with E-state index < -0.39 is 0 Å². The van der Waals surface area contributed by atoms with Gasteiger partial charge in [0, 0.05) is 41.5 Å². The van der Waals surface area contributed by atoms with Gasteiger partial charge in [-0.25, -0.2) is 9.97 Å². The average Bonchev–Trinajstić information content (AvgIpc) is 3.50. The second-order valence-electron chi connectivity index (χ2n) is 8.93. The van der Waals surface area contributed by atoms with Crippen LogP contribution < -0.4 is 0 Å². The monoisotopic (exact) mass is 399 g/mol. The molecule has 1 aromatic carbocycles. The van der Waals surface area contributed by atoms with Crippen LogP contribution in [0.1, 0.15) is 58.7 Å².